The lowest BCUT2D eigenvalue weighted by Crippen LogP contribution is -2.18. The van der Waals surface area contributed by atoms with E-state index in [1.54, 1.807) is 12.1 Å². The summed E-state index contributed by atoms with van der Waals surface area (Å²) < 4.78 is 23.9. The average molecular weight is 253 g/mol. The zero-order chi connectivity index (χ0) is 12.3. The Kier molecular flexibility index (Phi) is 3.84. The Labute approximate surface area is 103 Å². The lowest BCUT2D eigenvalue weighted by Gasteiger charge is -2.10. The maximum atomic E-state index is 11.9. The smallest absolute Gasteiger partial charge is 0.179 e. The largest absolute Gasteiger partial charge is 0.317 e. The lowest BCUT2D eigenvalue weighted by atomic mass is 9.98. The Morgan fingerprint density at radius 1 is 1.29 bits per heavy atom. The van der Waals surface area contributed by atoms with Crippen LogP contribution in [0.3, 0.4) is 0 Å². The van der Waals surface area contributed by atoms with Crippen LogP contribution >= 0.6 is 0 Å². The number of hydrogen-bond acceptors (Lipinski definition) is 3. The first-order valence-corrected chi connectivity index (χ1v) is 7.83. The van der Waals surface area contributed by atoms with E-state index < -0.39 is 9.84 Å². The summed E-state index contributed by atoms with van der Waals surface area (Å²) in [5.41, 5.74) is 1.01. The van der Waals surface area contributed by atoms with Crippen LogP contribution in [0.15, 0.2) is 29.2 Å². The quantitative estimate of drug-likeness (QED) is 0.816. The molecule has 1 N–H and O–H groups in total. The van der Waals surface area contributed by atoms with Crippen molar-refractivity contribution in [2.75, 3.05) is 18.8 Å². The molecule has 1 aliphatic rings. The zero-order valence-electron chi connectivity index (χ0n) is 10.1. The second-order valence-electron chi connectivity index (χ2n) is 4.55. The number of rotatable bonds is 5. The van der Waals surface area contributed by atoms with Crippen molar-refractivity contribution in [2.45, 2.75) is 30.6 Å². The first-order chi connectivity index (χ1) is 8.15. The van der Waals surface area contributed by atoms with Gasteiger partial charge in [0, 0.05) is 5.92 Å². The van der Waals surface area contributed by atoms with E-state index in [0.29, 0.717) is 4.90 Å². The van der Waals surface area contributed by atoms with Gasteiger partial charge in [0.25, 0.3) is 0 Å². The minimum Gasteiger partial charge on any atom is -0.317 e. The average Bonchev–Trinajstić information content (AvgIpc) is 2.58. The molecule has 0 spiro atoms. The standard InChI is InChI=1S/C13H19NO2S/c1-2-8-14-9-7-11-10-17(15,16)13-6-4-3-5-12(11)13/h3-6,11,14H,2,7-10H2,1H3. The van der Waals surface area contributed by atoms with E-state index in [-0.39, 0.29) is 11.7 Å². The summed E-state index contributed by atoms with van der Waals surface area (Å²) in [5.74, 6) is 0.445. The van der Waals surface area contributed by atoms with Crippen LogP contribution in [0.5, 0.6) is 0 Å². The molecule has 0 aliphatic carbocycles. The normalized spacial score (nSPS) is 21.4. The van der Waals surface area contributed by atoms with Crippen molar-refractivity contribution < 1.29 is 8.42 Å². The number of fused-ring (bicyclic) bond motifs is 1. The van der Waals surface area contributed by atoms with Gasteiger partial charge in [-0.15, -0.1) is 0 Å². The molecule has 0 aromatic heterocycles. The molecule has 0 fully saturated rings. The molecule has 94 valence electrons. The van der Waals surface area contributed by atoms with Crippen molar-refractivity contribution >= 4 is 9.84 Å². The van der Waals surface area contributed by atoms with E-state index in [0.717, 1.165) is 31.5 Å². The summed E-state index contributed by atoms with van der Waals surface area (Å²) in [6.45, 7) is 4.02. The monoisotopic (exact) mass is 253 g/mol. The third kappa shape index (κ3) is 2.69. The van der Waals surface area contributed by atoms with Gasteiger partial charge in [-0.25, -0.2) is 8.42 Å². The van der Waals surface area contributed by atoms with Crippen molar-refractivity contribution in [3.8, 4) is 0 Å². The summed E-state index contributed by atoms with van der Waals surface area (Å²) in [6.07, 6.45) is 2.01. The van der Waals surface area contributed by atoms with Crippen molar-refractivity contribution in [3.05, 3.63) is 29.8 Å². The third-order valence-electron chi connectivity index (χ3n) is 3.21. The molecule has 1 unspecified atom stereocenters. The van der Waals surface area contributed by atoms with Crippen molar-refractivity contribution in [1.82, 2.24) is 5.32 Å². The van der Waals surface area contributed by atoms with Crippen LogP contribution in [-0.4, -0.2) is 27.3 Å². The Hall–Kier alpha value is -0.870. The summed E-state index contributed by atoms with van der Waals surface area (Å²) in [6, 6.07) is 7.40. The van der Waals surface area contributed by atoms with E-state index in [9.17, 15) is 8.42 Å². The predicted octanol–water partition coefficient (Wildman–Crippen LogP) is 1.95. The molecule has 1 aromatic rings. The fraction of sp³-hybridized carbons (Fsp3) is 0.538. The van der Waals surface area contributed by atoms with Gasteiger partial charge in [0.2, 0.25) is 0 Å². The van der Waals surface area contributed by atoms with Crippen molar-refractivity contribution in [3.63, 3.8) is 0 Å². The van der Waals surface area contributed by atoms with Gasteiger partial charge in [-0.3, -0.25) is 0 Å². The molecular weight excluding hydrogens is 234 g/mol. The fourth-order valence-corrected chi connectivity index (χ4v) is 4.30. The van der Waals surface area contributed by atoms with Gasteiger partial charge in [-0.2, -0.15) is 0 Å². The summed E-state index contributed by atoms with van der Waals surface area (Å²) in [5, 5.41) is 3.33. The van der Waals surface area contributed by atoms with Gasteiger partial charge in [0.05, 0.1) is 10.6 Å². The van der Waals surface area contributed by atoms with Gasteiger partial charge in [0.15, 0.2) is 9.84 Å². The van der Waals surface area contributed by atoms with E-state index in [2.05, 4.69) is 12.2 Å². The molecule has 1 heterocycles. The molecule has 2 rings (SSSR count). The van der Waals surface area contributed by atoms with Crippen LogP contribution in [0, 0.1) is 0 Å². The highest BCUT2D eigenvalue weighted by Gasteiger charge is 2.33. The molecule has 0 amide bonds. The highest BCUT2D eigenvalue weighted by atomic mass is 32.2. The Morgan fingerprint density at radius 3 is 2.82 bits per heavy atom. The topological polar surface area (TPSA) is 46.2 Å². The van der Waals surface area contributed by atoms with Crippen LogP contribution < -0.4 is 5.32 Å². The molecule has 17 heavy (non-hydrogen) atoms. The lowest BCUT2D eigenvalue weighted by molar-refractivity contribution is 0.580. The summed E-state index contributed by atoms with van der Waals surface area (Å²) in [4.78, 5) is 0.542. The zero-order valence-corrected chi connectivity index (χ0v) is 11.0. The third-order valence-corrected chi connectivity index (χ3v) is 5.09. The fourth-order valence-electron chi connectivity index (χ4n) is 2.36. The van der Waals surface area contributed by atoms with Gasteiger partial charge < -0.3 is 5.32 Å². The number of sulfone groups is 1. The van der Waals surface area contributed by atoms with Crippen molar-refractivity contribution in [1.29, 1.82) is 0 Å². The minimum atomic E-state index is -3.03. The van der Waals surface area contributed by atoms with Gasteiger partial charge in [0.1, 0.15) is 0 Å². The maximum absolute atomic E-state index is 11.9. The van der Waals surface area contributed by atoms with Crippen LogP contribution in [0.2, 0.25) is 0 Å². The van der Waals surface area contributed by atoms with Crippen LogP contribution in [-0.2, 0) is 9.84 Å². The molecule has 1 aliphatic heterocycles. The Bertz CT molecular complexity index is 482. The van der Waals surface area contributed by atoms with E-state index in [4.69, 9.17) is 0 Å². The van der Waals surface area contributed by atoms with Gasteiger partial charge in [-0.1, -0.05) is 25.1 Å². The highest BCUT2D eigenvalue weighted by molar-refractivity contribution is 7.91. The SMILES string of the molecule is CCCNCCC1CS(=O)(=O)c2ccccc21. The van der Waals surface area contributed by atoms with E-state index >= 15 is 0 Å². The molecule has 3 nitrogen and oxygen atoms in total. The first-order valence-electron chi connectivity index (χ1n) is 6.17. The molecule has 1 aromatic carbocycles. The summed E-state index contributed by atoms with van der Waals surface area (Å²) in [7, 11) is -3.03. The first kappa shape index (κ1) is 12.6. The second-order valence-corrected chi connectivity index (χ2v) is 6.56. The van der Waals surface area contributed by atoms with Gasteiger partial charge in [-0.05, 0) is 37.6 Å². The number of benzene rings is 1. The second kappa shape index (κ2) is 5.19. The van der Waals surface area contributed by atoms with Crippen LogP contribution in [0.4, 0.5) is 0 Å². The van der Waals surface area contributed by atoms with E-state index in [1.165, 1.54) is 0 Å². The molecule has 4 heteroatoms. The van der Waals surface area contributed by atoms with Gasteiger partial charge >= 0.3 is 0 Å². The molecule has 0 radical (unpaired) electrons. The Balaban J connectivity index is 2.07. The maximum Gasteiger partial charge on any atom is 0.179 e. The van der Waals surface area contributed by atoms with E-state index in [1.807, 2.05) is 12.1 Å². The minimum absolute atomic E-state index is 0.167. The molecule has 1 atom stereocenters. The predicted molar refractivity (Wildman–Crippen MR) is 69.0 cm³/mol. The van der Waals surface area contributed by atoms with Crippen LogP contribution in [0.1, 0.15) is 31.2 Å². The van der Waals surface area contributed by atoms with Crippen molar-refractivity contribution in [2.24, 2.45) is 0 Å². The molecular formula is C13H19NO2S. The van der Waals surface area contributed by atoms with Crippen LogP contribution in [0.25, 0.3) is 0 Å². The Morgan fingerprint density at radius 2 is 2.06 bits per heavy atom. The molecule has 0 saturated carbocycles. The highest BCUT2D eigenvalue weighted by Crippen LogP contribution is 2.36. The number of nitrogens with one attached hydrogen (secondary N) is 1. The summed E-state index contributed by atoms with van der Waals surface area (Å²) >= 11 is 0. The number of hydrogen-bond donors (Lipinski definition) is 1. The molecule has 0 bridgehead atoms. The molecule has 0 saturated heterocycles.